The number of aromatic amines is 2. The molecular weight excluding hydrogens is 587 g/mol. The van der Waals surface area contributed by atoms with Crippen molar-refractivity contribution >= 4 is 61.5 Å². The topological polar surface area (TPSA) is 230 Å². The van der Waals surface area contributed by atoms with Gasteiger partial charge in [-0.05, 0) is 0 Å². The molecule has 2 aliphatic heterocycles. The molecule has 4 aromatic carbocycles. The zero-order chi connectivity index (χ0) is 26.2. The van der Waals surface area contributed by atoms with E-state index in [-0.39, 0.29) is 39.3 Å². The Labute approximate surface area is 265 Å². The van der Waals surface area contributed by atoms with E-state index in [1.54, 1.807) is 0 Å². The predicted octanol–water partition coefficient (Wildman–Crippen LogP) is 5.13. The van der Waals surface area contributed by atoms with Crippen LogP contribution in [0.3, 0.4) is 0 Å². The fraction of sp³-hybridized carbons (Fsp3) is 0. The molecule has 0 aliphatic carbocycles. The number of hydrogen-bond acceptors (Lipinski definition) is 9. The number of rotatable bonds is 0. The van der Waals surface area contributed by atoms with Gasteiger partial charge in [0.05, 0.1) is 0 Å². The Morgan fingerprint density at radius 3 is 0.800 bits per heavy atom. The molecule has 0 radical (unpaired) electrons. The third-order valence-corrected chi connectivity index (χ3v) is 7.46. The SMILES string of the molecule is O.[Al+3].[OH-].[OH-].[OH-].c1ccc2c(c1)-c1nc-2nc2[nH]c(nc3nc(nc4[nH]c(n1)c1ccccc41)-c1ccccc1-3)c1ccccc21. The molecule has 8 bridgehead atoms. The van der Waals surface area contributed by atoms with E-state index in [4.69, 9.17) is 29.9 Å². The normalized spacial score (nSPS) is 10.7. The van der Waals surface area contributed by atoms with Gasteiger partial charge in [0.15, 0.2) is 23.3 Å². The van der Waals surface area contributed by atoms with Gasteiger partial charge in [-0.3, -0.25) is 0 Å². The molecule has 0 unspecified atom stereocenters. The van der Waals surface area contributed by atoms with E-state index in [2.05, 4.69) is 9.97 Å². The van der Waals surface area contributed by atoms with Crippen LogP contribution in [0.15, 0.2) is 97.1 Å². The standard InChI is InChI=1S/C32H18N8.Al.4H2O/c1-2-10-18-17(9-1)25-33-26(18)38-28-21-13-5-6-14-22(21)30(35-28)40-32-24-16-8-7-15-23(24)31(36-32)39-29-20-12-4-3-11-19(20)27(34-29)37-25;;;;;/h1-16H,(H2,33,34,35,36,37,38,39,40);;4*1H2/q;+3;;;;/p-3. The fourth-order valence-corrected chi connectivity index (χ4v) is 5.59. The minimum Gasteiger partial charge on any atom is -0.870 e. The summed E-state index contributed by atoms with van der Waals surface area (Å²) in [6, 6.07) is 32.2. The van der Waals surface area contributed by atoms with Crippen molar-refractivity contribution in [2.75, 3.05) is 0 Å². The van der Waals surface area contributed by atoms with E-state index < -0.39 is 0 Å². The molecule has 7 N–H and O–H groups in total. The van der Waals surface area contributed by atoms with Crippen LogP contribution in [0, 0.1) is 0 Å². The zero-order valence-electron chi connectivity index (χ0n) is 23.3. The molecule has 3 aromatic heterocycles. The third-order valence-electron chi connectivity index (χ3n) is 7.46. The van der Waals surface area contributed by atoms with Crippen molar-refractivity contribution in [1.29, 1.82) is 0 Å². The molecule has 0 saturated carbocycles. The first-order chi connectivity index (χ1) is 19.8. The number of nitrogens with one attached hydrogen (secondary N) is 2. The van der Waals surface area contributed by atoms with E-state index in [0.717, 1.165) is 43.8 Å². The van der Waals surface area contributed by atoms with Gasteiger partial charge in [-0.25, -0.2) is 29.9 Å². The molecule has 0 saturated heterocycles. The van der Waals surface area contributed by atoms with Crippen molar-refractivity contribution < 1.29 is 21.9 Å². The summed E-state index contributed by atoms with van der Waals surface area (Å²) in [5.41, 5.74) is 6.45. The first kappa shape index (κ1) is 32.5. The molecule has 0 spiro atoms. The fourth-order valence-electron chi connectivity index (χ4n) is 5.59. The quantitative estimate of drug-likeness (QED) is 0.216. The smallest absolute Gasteiger partial charge is 0.870 e. The van der Waals surface area contributed by atoms with Crippen LogP contribution >= 0.6 is 0 Å². The molecule has 218 valence electrons. The summed E-state index contributed by atoms with van der Waals surface area (Å²) >= 11 is 0. The van der Waals surface area contributed by atoms with Crippen LogP contribution in [0.2, 0.25) is 0 Å². The van der Waals surface area contributed by atoms with Crippen LogP contribution in [0.4, 0.5) is 0 Å². The molecule has 13 heteroatoms. The van der Waals surface area contributed by atoms with Crippen LogP contribution in [0.1, 0.15) is 0 Å². The largest absolute Gasteiger partial charge is 3.00 e. The average Bonchev–Trinajstić information content (AvgIpc) is 3.73. The second-order valence-electron chi connectivity index (χ2n) is 9.79. The molecule has 7 aromatic rings. The van der Waals surface area contributed by atoms with Gasteiger partial charge < -0.3 is 31.9 Å². The second-order valence-corrected chi connectivity index (χ2v) is 9.79. The summed E-state index contributed by atoms with van der Waals surface area (Å²) in [6.45, 7) is 0. The van der Waals surface area contributed by atoms with Crippen molar-refractivity contribution in [2.24, 2.45) is 0 Å². The zero-order valence-corrected chi connectivity index (χ0v) is 24.5. The van der Waals surface area contributed by atoms with E-state index in [1.165, 1.54) is 0 Å². The Bertz CT molecular complexity index is 2050. The Kier molecular flexibility index (Phi) is 8.90. The van der Waals surface area contributed by atoms with Crippen molar-refractivity contribution in [3.05, 3.63) is 97.1 Å². The summed E-state index contributed by atoms with van der Waals surface area (Å²) < 4.78 is 0. The summed E-state index contributed by atoms with van der Waals surface area (Å²) in [5, 5.41) is 3.82. The minimum absolute atomic E-state index is 0. The van der Waals surface area contributed by atoms with Gasteiger partial charge in [0.1, 0.15) is 22.6 Å². The number of hydrogen-bond donors (Lipinski definition) is 2. The summed E-state index contributed by atoms with van der Waals surface area (Å²) in [6.07, 6.45) is 0. The Morgan fingerprint density at radius 2 is 0.556 bits per heavy atom. The Balaban J connectivity index is 0.000000922. The van der Waals surface area contributed by atoms with Crippen LogP contribution in [-0.2, 0) is 0 Å². The van der Waals surface area contributed by atoms with Crippen molar-refractivity contribution in [2.45, 2.75) is 0 Å². The van der Waals surface area contributed by atoms with Crippen molar-refractivity contribution in [1.82, 2.24) is 39.9 Å². The number of fused-ring (bicyclic) bond motifs is 20. The summed E-state index contributed by atoms with van der Waals surface area (Å²) in [7, 11) is 0. The first-order valence-electron chi connectivity index (χ1n) is 13.0. The van der Waals surface area contributed by atoms with Crippen molar-refractivity contribution in [3.63, 3.8) is 0 Å². The monoisotopic (exact) mass is 610 g/mol. The molecule has 12 nitrogen and oxygen atoms in total. The van der Waals surface area contributed by atoms with Crippen molar-refractivity contribution in [3.8, 4) is 45.6 Å². The average molecular weight is 611 g/mol. The van der Waals surface area contributed by atoms with E-state index in [0.29, 0.717) is 45.9 Å². The van der Waals surface area contributed by atoms with Gasteiger partial charge in [0, 0.05) is 43.8 Å². The number of benzene rings is 4. The number of aromatic nitrogens is 8. The predicted molar refractivity (Wildman–Crippen MR) is 171 cm³/mol. The van der Waals surface area contributed by atoms with Crippen LogP contribution in [0.25, 0.3) is 89.7 Å². The van der Waals surface area contributed by atoms with Gasteiger partial charge >= 0.3 is 17.4 Å². The van der Waals surface area contributed by atoms with Crippen LogP contribution in [0.5, 0.6) is 0 Å². The van der Waals surface area contributed by atoms with Gasteiger partial charge in [-0.15, -0.1) is 0 Å². The maximum Gasteiger partial charge on any atom is 3.00 e. The first-order valence-corrected chi connectivity index (χ1v) is 13.0. The van der Waals surface area contributed by atoms with E-state index in [1.807, 2.05) is 97.1 Å². The van der Waals surface area contributed by atoms with E-state index in [9.17, 15) is 0 Å². The minimum atomic E-state index is 0. The van der Waals surface area contributed by atoms with Gasteiger partial charge in [0.2, 0.25) is 0 Å². The maximum atomic E-state index is 5.02. The molecule has 9 rings (SSSR count). The van der Waals surface area contributed by atoms with Gasteiger partial charge in [0.25, 0.3) is 0 Å². The van der Waals surface area contributed by atoms with Crippen LogP contribution < -0.4 is 0 Å². The summed E-state index contributed by atoms with van der Waals surface area (Å²) in [5.74, 6) is 2.39. The van der Waals surface area contributed by atoms with Gasteiger partial charge in [-0.2, -0.15) is 0 Å². The van der Waals surface area contributed by atoms with Crippen LogP contribution in [-0.4, -0.2) is 79.1 Å². The molecule has 0 fully saturated rings. The third kappa shape index (κ3) is 4.92. The van der Waals surface area contributed by atoms with E-state index >= 15 is 0 Å². The number of H-pyrrole nitrogens is 2. The second kappa shape index (κ2) is 12.3. The molecular formula is C32H23AlN8O4. The number of nitrogens with zero attached hydrogens (tertiary/aromatic N) is 6. The Morgan fingerprint density at radius 1 is 0.333 bits per heavy atom. The van der Waals surface area contributed by atoms with Gasteiger partial charge in [-0.1, -0.05) is 97.1 Å². The molecule has 5 heterocycles. The summed E-state index contributed by atoms with van der Waals surface area (Å²) in [4.78, 5) is 36.8. The maximum absolute atomic E-state index is 5.02. The molecule has 2 aliphatic rings. The molecule has 0 atom stereocenters. The molecule has 0 amide bonds. The Hall–Kier alpha value is -5.39. The molecule has 45 heavy (non-hydrogen) atoms.